The van der Waals surface area contributed by atoms with Crippen LogP contribution in [0, 0.1) is 0 Å². The van der Waals surface area contributed by atoms with Crippen molar-refractivity contribution < 1.29 is 9.53 Å². The molecule has 0 aliphatic carbocycles. The molecule has 0 aliphatic rings. The Kier molecular flexibility index (Phi) is 3.89. The molecule has 0 aliphatic heterocycles. The number of hydrogen-bond acceptors (Lipinski definition) is 3. The molecule has 0 bridgehead atoms. The zero-order valence-corrected chi connectivity index (χ0v) is 10.8. The Bertz CT molecular complexity index is 543. The van der Waals surface area contributed by atoms with Crippen LogP contribution in [0.5, 0.6) is 5.75 Å². The summed E-state index contributed by atoms with van der Waals surface area (Å²) in [5, 5.41) is 0. The van der Waals surface area contributed by atoms with E-state index in [-0.39, 0.29) is 5.91 Å². The molecule has 4 heteroatoms. The van der Waals surface area contributed by atoms with Crippen molar-refractivity contribution in [1.82, 2.24) is 0 Å². The molecule has 0 saturated heterocycles. The first kappa shape index (κ1) is 12.5. The molecule has 0 saturated carbocycles. The van der Waals surface area contributed by atoms with Crippen LogP contribution < -0.4 is 9.04 Å². The lowest BCUT2D eigenvalue weighted by atomic mass is 10.2. The molecule has 0 N–H and O–H groups in total. The summed E-state index contributed by atoms with van der Waals surface area (Å²) in [5.74, 6) is 0.514. The van der Waals surface area contributed by atoms with Crippen molar-refractivity contribution in [2.24, 2.45) is 0 Å². The fourth-order valence-corrected chi connectivity index (χ4v) is 1.80. The van der Waals surface area contributed by atoms with Gasteiger partial charge in [0.1, 0.15) is 5.75 Å². The molecule has 0 atom stereocenters. The fraction of sp³-hybridized carbons (Fsp3) is 0.0714. The zero-order valence-electron chi connectivity index (χ0n) is 9.91. The van der Waals surface area contributed by atoms with E-state index in [1.165, 1.54) is 4.31 Å². The Hall–Kier alpha value is -1.94. The molecule has 0 fully saturated rings. The molecule has 2 rings (SSSR count). The number of nitrogens with zero attached hydrogens (tertiary/aromatic N) is 1. The molecule has 18 heavy (non-hydrogen) atoms. The number of carbonyl (C=O) groups is 1. The minimum absolute atomic E-state index is 0.174. The fourth-order valence-electron chi connectivity index (χ4n) is 1.56. The number of amides is 1. The number of hydrogen-bond donors (Lipinski definition) is 1. The van der Waals surface area contributed by atoms with Crippen LogP contribution in [0.1, 0.15) is 10.4 Å². The van der Waals surface area contributed by atoms with Gasteiger partial charge in [0.2, 0.25) is 0 Å². The molecule has 0 heterocycles. The Morgan fingerprint density at radius 3 is 2.50 bits per heavy atom. The molecule has 0 unspecified atom stereocenters. The number of thiol groups is 1. The van der Waals surface area contributed by atoms with Crippen LogP contribution in [0.25, 0.3) is 0 Å². The SMILES string of the molecule is COc1cccc(N(S)C(=O)c2ccccc2)c1. The quantitative estimate of drug-likeness (QED) is 0.858. The van der Waals surface area contributed by atoms with E-state index in [4.69, 9.17) is 4.74 Å². The summed E-state index contributed by atoms with van der Waals surface area (Å²) >= 11 is 4.24. The van der Waals surface area contributed by atoms with Crippen LogP contribution >= 0.6 is 12.8 Å². The molecule has 0 radical (unpaired) electrons. The molecule has 3 nitrogen and oxygen atoms in total. The van der Waals surface area contributed by atoms with Gasteiger partial charge in [-0.05, 0) is 24.3 Å². The van der Waals surface area contributed by atoms with Crippen LogP contribution in [0.3, 0.4) is 0 Å². The van der Waals surface area contributed by atoms with Crippen LogP contribution in [-0.2, 0) is 0 Å². The van der Waals surface area contributed by atoms with Gasteiger partial charge in [0, 0.05) is 11.6 Å². The molecule has 2 aromatic rings. The highest BCUT2D eigenvalue weighted by Crippen LogP contribution is 2.23. The van der Waals surface area contributed by atoms with Gasteiger partial charge in [-0.1, -0.05) is 37.1 Å². The average molecular weight is 259 g/mol. The van der Waals surface area contributed by atoms with E-state index < -0.39 is 0 Å². The maximum Gasteiger partial charge on any atom is 0.268 e. The lowest BCUT2D eigenvalue weighted by Gasteiger charge is -2.16. The number of benzene rings is 2. The van der Waals surface area contributed by atoms with Gasteiger partial charge in [-0.2, -0.15) is 0 Å². The third-order valence-electron chi connectivity index (χ3n) is 2.51. The van der Waals surface area contributed by atoms with Crippen molar-refractivity contribution in [3.8, 4) is 5.75 Å². The molecule has 0 spiro atoms. The first-order chi connectivity index (χ1) is 8.72. The lowest BCUT2D eigenvalue weighted by molar-refractivity contribution is 0.101. The minimum Gasteiger partial charge on any atom is -0.497 e. The van der Waals surface area contributed by atoms with Crippen molar-refractivity contribution in [2.75, 3.05) is 11.4 Å². The highest BCUT2D eigenvalue weighted by molar-refractivity contribution is 7.82. The Balaban J connectivity index is 2.25. The van der Waals surface area contributed by atoms with Gasteiger partial charge >= 0.3 is 0 Å². The second-order valence-electron chi connectivity index (χ2n) is 3.68. The maximum absolute atomic E-state index is 12.2. The molecule has 1 amide bonds. The standard InChI is InChI=1S/C14H13NO2S/c1-17-13-9-5-8-12(10-13)15(18)14(16)11-6-3-2-4-7-11/h2-10,18H,1H3. The van der Waals surface area contributed by atoms with E-state index in [0.717, 1.165) is 0 Å². The van der Waals surface area contributed by atoms with E-state index in [1.54, 1.807) is 31.4 Å². The van der Waals surface area contributed by atoms with Gasteiger partial charge in [-0.3, -0.25) is 9.10 Å². The summed E-state index contributed by atoms with van der Waals surface area (Å²) in [6, 6.07) is 16.2. The average Bonchev–Trinajstić information content (AvgIpc) is 2.46. The topological polar surface area (TPSA) is 29.5 Å². The van der Waals surface area contributed by atoms with E-state index in [0.29, 0.717) is 17.0 Å². The second kappa shape index (κ2) is 5.60. The van der Waals surface area contributed by atoms with Gasteiger partial charge in [-0.25, -0.2) is 0 Å². The highest BCUT2D eigenvalue weighted by atomic mass is 32.1. The highest BCUT2D eigenvalue weighted by Gasteiger charge is 2.14. The Labute approximate surface area is 112 Å². The molecular weight excluding hydrogens is 246 g/mol. The Morgan fingerprint density at radius 1 is 1.11 bits per heavy atom. The minimum atomic E-state index is -0.174. The van der Waals surface area contributed by atoms with E-state index in [2.05, 4.69) is 12.8 Å². The number of anilines is 1. The normalized spacial score (nSPS) is 9.89. The summed E-state index contributed by atoms with van der Waals surface area (Å²) in [7, 11) is 1.58. The van der Waals surface area contributed by atoms with Crippen LogP contribution in [0.15, 0.2) is 54.6 Å². The monoisotopic (exact) mass is 259 g/mol. The van der Waals surface area contributed by atoms with Crippen molar-refractivity contribution >= 4 is 24.4 Å². The number of rotatable bonds is 3. The largest absolute Gasteiger partial charge is 0.497 e. The van der Waals surface area contributed by atoms with Gasteiger partial charge in [0.05, 0.1) is 12.8 Å². The Morgan fingerprint density at radius 2 is 1.83 bits per heavy atom. The van der Waals surface area contributed by atoms with E-state index in [9.17, 15) is 4.79 Å². The van der Waals surface area contributed by atoms with Gasteiger partial charge in [-0.15, -0.1) is 0 Å². The lowest BCUT2D eigenvalue weighted by Crippen LogP contribution is -2.20. The van der Waals surface area contributed by atoms with Crippen molar-refractivity contribution in [1.29, 1.82) is 0 Å². The van der Waals surface area contributed by atoms with Crippen LogP contribution in [0.4, 0.5) is 5.69 Å². The maximum atomic E-state index is 12.2. The van der Waals surface area contributed by atoms with E-state index >= 15 is 0 Å². The first-order valence-electron chi connectivity index (χ1n) is 5.45. The van der Waals surface area contributed by atoms with Gasteiger partial charge < -0.3 is 4.74 Å². The third kappa shape index (κ3) is 2.65. The van der Waals surface area contributed by atoms with Crippen molar-refractivity contribution in [3.63, 3.8) is 0 Å². The van der Waals surface area contributed by atoms with Crippen LogP contribution in [-0.4, -0.2) is 13.0 Å². The number of methoxy groups -OCH3 is 1. The summed E-state index contributed by atoms with van der Waals surface area (Å²) < 4.78 is 6.42. The number of ether oxygens (including phenoxy) is 1. The van der Waals surface area contributed by atoms with Crippen molar-refractivity contribution in [3.05, 3.63) is 60.2 Å². The van der Waals surface area contributed by atoms with Crippen LogP contribution in [0.2, 0.25) is 0 Å². The summed E-state index contributed by atoms with van der Waals surface area (Å²) in [6.07, 6.45) is 0. The van der Waals surface area contributed by atoms with Gasteiger partial charge in [0.15, 0.2) is 0 Å². The second-order valence-corrected chi connectivity index (χ2v) is 4.08. The van der Waals surface area contributed by atoms with Gasteiger partial charge in [0.25, 0.3) is 5.91 Å². The predicted molar refractivity (Wildman–Crippen MR) is 75.2 cm³/mol. The molecule has 92 valence electrons. The molecule has 0 aromatic heterocycles. The first-order valence-corrected chi connectivity index (χ1v) is 5.85. The van der Waals surface area contributed by atoms with Crippen molar-refractivity contribution in [2.45, 2.75) is 0 Å². The summed E-state index contributed by atoms with van der Waals surface area (Å²) in [4.78, 5) is 12.2. The summed E-state index contributed by atoms with van der Waals surface area (Å²) in [6.45, 7) is 0. The molecular formula is C14H13NO2S. The molecule has 2 aromatic carbocycles. The smallest absolute Gasteiger partial charge is 0.268 e. The third-order valence-corrected chi connectivity index (χ3v) is 2.92. The summed E-state index contributed by atoms with van der Waals surface area (Å²) in [5.41, 5.74) is 1.27. The predicted octanol–water partition coefficient (Wildman–Crippen LogP) is 3.19. The van der Waals surface area contributed by atoms with E-state index in [1.807, 2.05) is 30.3 Å². The number of carbonyl (C=O) groups excluding carboxylic acids is 1. The zero-order chi connectivity index (χ0) is 13.0.